The Morgan fingerprint density at radius 1 is 1.17 bits per heavy atom. The summed E-state index contributed by atoms with van der Waals surface area (Å²) in [5, 5.41) is 29.3. The summed E-state index contributed by atoms with van der Waals surface area (Å²) >= 11 is 3.38. The number of amides is 2. The van der Waals surface area contributed by atoms with Gasteiger partial charge in [-0.05, 0) is 102 Å². The van der Waals surface area contributed by atoms with Crippen LogP contribution >= 0.6 is 15.9 Å². The molecule has 240 valence electrons. The zero-order valence-electron chi connectivity index (χ0n) is 24.7. The molecule has 1 aliphatic carbocycles. The van der Waals surface area contributed by atoms with Gasteiger partial charge in [0.1, 0.15) is 5.69 Å². The topological polar surface area (TPSA) is 166 Å². The molecular weight excluding hydrogens is 673 g/mol. The fraction of sp³-hybridized carbons (Fsp3) is 0.379. The molecule has 3 aromatic heterocycles. The zero-order valence-corrected chi connectivity index (χ0v) is 26.3. The van der Waals surface area contributed by atoms with Crippen LogP contribution in [0.1, 0.15) is 76.1 Å². The lowest BCUT2D eigenvalue weighted by Crippen LogP contribution is -2.39. The van der Waals surface area contributed by atoms with E-state index in [-0.39, 0.29) is 46.2 Å². The molecule has 46 heavy (non-hydrogen) atoms. The van der Waals surface area contributed by atoms with E-state index in [1.165, 1.54) is 29.1 Å². The van der Waals surface area contributed by atoms with E-state index in [2.05, 4.69) is 52.2 Å². The fourth-order valence-electron chi connectivity index (χ4n) is 5.28. The molecule has 0 bridgehead atoms. The van der Waals surface area contributed by atoms with Crippen molar-refractivity contribution in [2.45, 2.75) is 64.4 Å². The van der Waals surface area contributed by atoms with Gasteiger partial charge in [0.15, 0.2) is 5.82 Å². The monoisotopic (exact) mass is 700 g/mol. The predicted molar refractivity (Wildman–Crippen MR) is 160 cm³/mol. The first-order valence-corrected chi connectivity index (χ1v) is 15.1. The maximum absolute atomic E-state index is 13.9. The number of rotatable bonds is 9. The van der Waals surface area contributed by atoms with Gasteiger partial charge in [0.2, 0.25) is 0 Å². The van der Waals surface area contributed by atoms with Crippen LogP contribution in [0.5, 0.6) is 0 Å². The van der Waals surface area contributed by atoms with Crippen LogP contribution in [0, 0.1) is 18.3 Å². The Morgan fingerprint density at radius 2 is 1.93 bits per heavy atom. The van der Waals surface area contributed by atoms with Gasteiger partial charge < -0.3 is 15.4 Å². The summed E-state index contributed by atoms with van der Waals surface area (Å²) in [6, 6.07) is 9.45. The Kier molecular flexibility index (Phi) is 9.77. The zero-order chi connectivity index (χ0) is 33.0. The van der Waals surface area contributed by atoms with Crippen molar-refractivity contribution in [1.82, 2.24) is 40.3 Å². The van der Waals surface area contributed by atoms with Gasteiger partial charge in [-0.2, -0.15) is 23.5 Å². The van der Waals surface area contributed by atoms with Crippen LogP contribution in [0.3, 0.4) is 0 Å². The number of hydrogen-bond acceptors (Lipinski definition) is 9. The molecule has 0 saturated heterocycles. The Bertz CT molecular complexity index is 1790. The van der Waals surface area contributed by atoms with Gasteiger partial charge in [-0.3, -0.25) is 9.59 Å². The molecule has 4 aromatic rings. The summed E-state index contributed by atoms with van der Waals surface area (Å²) in [6.45, 7) is 3.70. The Hall–Kier alpha value is -4.69. The highest BCUT2D eigenvalue weighted by Crippen LogP contribution is 2.29. The van der Waals surface area contributed by atoms with Crippen LogP contribution in [-0.2, 0) is 17.5 Å². The largest absolute Gasteiger partial charge is 0.453 e. The van der Waals surface area contributed by atoms with Crippen LogP contribution in [0.15, 0.2) is 41.0 Å². The van der Waals surface area contributed by atoms with E-state index in [0.717, 1.165) is 12.8 Å². The molecule has 0 atom stereocenters. The number of aromatic nitrogens is 7. The van der Waals surface area contributed by atoms with Crippen LogP contribution in [0.4, 0.5) is 18.9 Å². The van der Waals surface area contributed by atoms with Crippen molar-refractivity contribution in [3.05, 3.63) is 74.9 Å². The molecule has 0 aliphatic heterocycles. The van der Waals surface area contributed by atoms with Crippen LogP contribution in [0.2, 0.25) is 0 Å². The Balaban J connectivity index is 1.47. The number of carbonyl (C=O) groups excluding carboxylic acids is 2. The molecule has 1 aliphatic rings. The van der Waals surface area contributed by atoms with Gasteiger partial charge in [-0.25, -0.2) is 14.3 Å². The third-order valence-corrected chi connectivity index (χ3v) is 8.01. The first-order chi connectivity index (χ1) is 22.0. The van der Waals surface area contributed by atoms with Crippen molar-refractivity contribution in [3.63, 3.8) is 0 Å². The number of carbonyl (C=O) groups is 2. The minimum Gasteiger partial charge on any atom is -0.379 e. The van der Waals surface area contributed by atoms with Crippen LogP contribution in [-0.4, -0.2) is 65.5 Å². The van der Waals surface area contributed by atoms with Crippen molar-refractivity contribution in [2.24, 2.45) is 0 Å². The molecule has 1 fully saturated rings. The normalized spacial score (nSPS) is 16.5. The standard InChI is InChI=1S/C29H28BrF3N10O3/c1-3-46-20-8-6-18(7-9-20)36-26(44)21-12-17(14-34)11-16(2)24(21)37-27(45)23-13-19(15-42-28(29(31,32)33)38-40-41-42)39-43(23)25-22(30)5-4-10-35-25/h4-5,10-13,18,20H,3,6-9,15H2,1-2H3,(H,36,44)(H,37,45). The van der Waals surface area contributed by atoms with Crippen molar-refractivity contribution < 1.29 is 27.5 Å². The molecule has 1 aromatic carbocycles. The Labute approximate surface area is 269 Å². The molecule has 17 heteroatoms. The number of nitriles is 1. The summed E-state index contributed by atoms with van der Waals surface area (Å²) in [7, 11) is 0. The van der Waals surface area contributed by atoms with Crippen LogP contribution < -0.4 is 10.6 Å². The van der Waals surface area contributed by atoms with E-state index in [1.807, 2.05) is 13.0 Å². The molecule has 13 nitrogen and oxygen atoms in total. The summed E-state index contributed by atoms with van der Waals surface area (Å²) in [6.07, 6.45) is -0.189. The van der Waals surface area contributed by atoms with E-state index >= 15 is 0 Å². The number of halogens is 4. The van der Waals surface area contributed by atoms with Crippen molar-refractivity contribution in [1.29, 1.82) is 5.26 Å². The second-order valence-corrected chi connectivity index (χ2v) is 11.4. The van der Waals surface area contributed by atoms with E-state index < -0.39 is 30.4 Å². The van der Waals surface area contributed by atoms with E-state index in [0.29, 0.717) is 34.2 Å². The second kappa shape index (κ2) is 13.7. The highest BCUT2D eigenvalue weighted by atomic mass is 79.9. The number of ether oxygens (including phenoxy) is 1. The number of pyridine rings is 1. The average Bonchev–Trinajstić information content (AvgIpc) is 3.67. The second-order valence-electron chi connectivity index (χ2n) is 10.6. The van der Waals surface area contributed by atoms with Gasteiger partial charge in [0.25, 0.3) is 17.6 Å². The molecule has 0 spiro atoms. The number of alkyl halides is 3. The van der Waals surface area contributed by atoms with Gasteiger partial charge in [-0.15, -0.1) is 5.10 Å². The molecule has 0 unspecified atom stereocenters. The molecule has 0 radical (unpaired) electrons. The molecule has 1 saturated carbocycles. The van der Waals surface area contributed by atoms with Gasteiger partial charge in [-0.1, -0.05) is 0 Å². The smallest absolute Gasteiger partial charge is 0.379 e. The van der Waals surface area contributed by atoms with Crippen LogP contribution in [0.25, 0.3) is 5.82 Å². The molecular formula is C29H28BrF3N10O3. The minimum absolute atomic E-state index is 0.0256. The summed E-state index contributed by atoms with van der Waals surface area (Å²) in [5.41, 5.74) is 0.862. The number of aryl methyl sites for hydroxylation is 1. The molecule has 2 N–H and O–H groups in total. The number of anilines is 1. The number of benzene rings is 1. The highest BCUT2D eigenvalue weighted by Gasteiger charge is 2.38. The van der Waals surface area contributed by atoms with Gasteiger partial charge in [0, 0.05) is 18.8 Å². The lowest BCUT2D eigenvalue weighted by molar-refractivity contribution is -0.147. The summed E-state index contributed by atoms with van der Waals surface area (Å²) in [4.78, 5) is 31.7. The first-order valence-electron chi connectivity index (χ1n) is 14.3. The number of nitrogens with zero attached hydrogens (tertiary/aromatic N) is 8. The van der Waals surface area contributed by atoms with E-state index in [4.69, 9.17) is 4.74 Å². The number of tetrazole rings is 1. The van der Waals surface area contributed by atoms with Crippen molar-refractivity contribution in [3.8, 4) is 11.9 Å². The lowest BCUT2D eigenvalue weighted by Gasteiger charge is -2.29. The van der Waals surface area contributed by atoms with Gasteiger partial charge >= 0.3 is 6.18 Å². The maximum Gasteiger partial charge on any atom is 0.453 e. The fourth-order valence-corrected chi connectivity index (χ4v) is 5.70. The number of hydrogen-bond donors (Lipinski definition) is 2. The van der Waals surface area contributed by atoms with Gasteiger partial charge in [0.05, 0.1) is 45.7 Å². The predicted octanol–water partition coefficient (Wildman–Crippen LogP) is 4.59. The maximum atomic E-state index is 13.9. The van der Waals surface area contributed by atoms with E-state index in [9.17, 15) is 28.0 Å². The molecule has 3 heterocycles. The van der Waals surface area contributed by atoms with Crippen molar-refractivity contribution >= 4 is 33.4 Å². The third-order valence-electron chi connectivity index (χ3n) is 7.39. The highest BCUT2D eigenvalue weighted by molar-refractivity contribution is 9.10. The average molecular weight is 702 g/mol. The molecule has 2 amide bonds. The minimum atomic E-state index is -4.82. The SMILES string of the molecule is CCOC1CCC(NC(=O)c2cc(C#N)cc(C)c2NC(=O)c2cc(Cn3nnnc3C(F)(F)F)nn2-c2ncccc2Br)CC1. The Morgan fingerprint density at radius 3 is 2.61 bits per heavy atom. The lowest BCUT2D eigenvalue weighted by atomic mass is 9.92. The quantitative estimate of drug-likeness (QED) is 0.254. The summed E-state index contributed by atoms with van der Waals surface area (Å²) in [5.74, 6) is -2.34. The first kappa shape index (κ1) is 32.7. The molecule has 5 rings (SSSR count). The number of nitrogens with one attached hydrogen (secondary N) is 2. The van der Waals surface area contributed by atoms with E-state index in [1.54, 1.807) is 19.1 Å². The summed E-state index contributed by atoms with van der Waals surface area (Å²) < 4.78 is 48.1. The van der Waals surface area contributed by atoms with Crippen molar-refractivity contribution in [2.75, 3.05) is 11.9 Å². The third kappa shape index (κ3) is 7.23.